The normalized spacial score (nSPS) is 13.2. The molecule has 0 spiro atoms. The molecule has 0 atom stereocenters. The van der Waals surface area contributed by atoms with Crippen molar-refractivity contribution in [2.75, 3.05) is 27.3 Å². The van der Waals surface area contributed by atoms with E-state index in [0.29, 0.717) is 11.8 Å². The third-order valence-corrected chi connectivity index (χ3v) is 5.08. The molecule has 3 rings (SSSR count). The molecular weight excluding hydrogens is 556 g/mol. The van der Waals surface area contributed by atoms with Crippen molar-refractivity contribution >= 4 is 37.1 Å². The summed E-state index contributed by atoms with van der Waals surface area (Å²) in [6.45, 7) is 11.1. The van der Waals surface area contributed by atoms with E-state index in [1.54, 1.807) is 7.05 Å². The zero-order valence-electron chi connectivity index (χ0n) is 20.5. The fourth-order valence-electron chi connectivity index (χ4n) is 3.31. The second-order valence-corrected chi connectivity index (χ2v) is 19.4. The van der Waals surface area contributed by atoms with Crippen LogP contribution in [0, 0.1) is 0 Å². The van der Waals surface area contributed by atoms with Crippen molar-refractivity contribution in [2.24, 2.45) is 4.99 Å². The van der Waals surface area contributed by atoms with Gasteiger partial charge in [-0.1, -0.05) is 76.2 Å². The number of aliphatic hydroxyl groups is 2. The maximum absolute atomic E-state index is 5.09. The molecule has 2 aromatic rings. The predicted molar refractivity (Wildman–Crippen MR) is 143 cm³/mol. The number of halogens is 3. The average Bonchev–Trinajstić information content (AvgIpc) is 3.37. The van der Waals surface area contributed by atoms with Crippen molar-refractivity contribution < 1.29 is 22.9 Å². The summed E-state index contributed by atoms with van der Waals surface area (Å²) in [4.78, 5) is 5.09. The molecule has 0 aromatic heterocycles. The summed E-state index contributed by atoms with van der Waals surface area (Å²) < 4.78 is 4.08. The van der Waals surface area contributed by atoms with Gasteiger partial charge in [-0.05, 0) is 30.0 Å². The van der Waals surface area contributed by atoms with Crippen LogP contribution in [0.1, 0.15) is 69.1 Å². The van der Waals surface area contributed by atoms with Crippen LogP contribution in [-0.4, -0.2) is 42.9 Å². The zero-order chi connectivity index (χ0) is 24.8. The van der Waals surface area contributed by atoms with Crippen LogP contribution in [0.5, 0.6) is 0 Å². The summed E-state index contributed by atoms with van der Waals surface area (Å²) in [6.07, 6.45) is 2.67. The molecule has 0 saturated carbocycles. The number of rotatable bonds is 5. The number of para-hydroxylation sites is 1. The fraction of sp³-hybridized carbons (Fsp3) is 0.480. The second kappa shape index (κ2) is 17.1. The average molecular weight is 593 g/mol. The van der Waals surface area contributed by atoms with Crippen molar-refractivity contribution in [3.8, 4) is 0 Å². The van der Waals surface area contributed by atoms with E-state index in [0.717, 1.165) is 30.3 Å². The molecule has 0 unspecified atom stereocenters. The Labute approximate surface area is 219 Å². The zero-order valence-corrected chi connectivity index (χ0v) is 25.3. The fourth-order valence-corrected chi connectivity index (χ4v) is 3.31. The molecular formula is C25H37Cl3N3OZr. The topological polar surface area (TPSA) is 42.5 Å². The van der Waals surface area contributed by atoms with Crippen LogP contribution in [0.15, 0.2) is 53.5 Å². The van der Waals surface area contributed by atoms with Gasteiger partial charge in [-0.3, -0.25) is 0 Å². The third kappa shape index (κ3) is 11.7. The first-order valence-electron chi connectivity index (χ1n) is 11.3. The molecule has 183 valence electrons. The Balaban J connectivity index is 0.000000505. The van der Waals surface area contributed by atoms with Gasteiger partial charge in [0.2, 0.25) is 0 Å². The van der Waals surface area contributed by atoms with Crippen LogP contribution < -0.4 is 0 Å². The van der Waals surface area contributed by atoms with Gasteiger partial charge in [-0.25, -0.2) is 4.99 Å². The molecule has 2 aromatic carbocycles. The van der Waals surface area contributed by atoms with E-state index in [-0.39, 0.29) is 0 Å². The SMILES string of the molecule is C1CC[OH+]C1.C[N-]N(C)C(=Nc1c(C(C)C)cccc1C(C)C)c1ccccc1.[Cl][Zr]([Cl])[Cl]. The molecule has 1 aliphatic rings. The minimum atomic E-state index is -2.13. The summed E-state index contributed by atoms with van der Waals surface area (Å²) in [7, 11) is 18.7. The Morgan fingerprint density at radius 2 is 1.39 bits per heavy atom. The van der Waals surface area contributed by atoms with E-state index in [4.69, 9.17) is 30.5 Å². The van der Waals surface area contributed by atoms with Gasteiger partial charge in [0.1, 0.15) is 19.0 Å². The van der Waals surface area contributed by atoms with Crippen LogP contribution in [-0.2, 0) is 18.2 Å². The number of hydrogen-bond acceptors (Lipinski definition) is 1. The first kappa shape index (κ1) is 30.6. The van der Waals surface area contributed by atoms with Crippen LogP contribution in [0.4, 0.5) is 5.69 Å². The summed E-state index contributed by atoms with van der Waals surface area (Å²) in [6, 6.07) is 16.7. The maximum atomic E-state index is 5.09. The van der Waals surface area contributed by atoms with Crippen molar-refractivity contribution in [2.45, 2.75) is 52.4 Å². The number of aliphatic imine (C=N–C) groups is 1. The Morgan fingerprint density at radius 3 is 1.76 bits per heavy atom. The Hall–Kier alpha value is -0.417. The first-order valence-corrected chi connectivity index (χ1v) is 20.8. The molecule has 1 saturated heterocycles. The van der Waals surface area contributed by atoms with Gasteiger partial charge >= 0.3 is 43.7 Å². The standard InChI is InChI=1S/C21H28N3.C4H8O.3ClH.Zr/c1-15(2)18-13-10-14-19(16(3)4)20(18)23-21(24(6)22-5)17-11-8-7-9-12-17;1-2-4-5-3-1;;;;/h7-16H,1-6H3;1-4H2;3*1H;/q-1;;;;;+3/p-2. The van der Waals surface area contributed by atoms with Crippen LogP contribution in [0.25, 0.3) is 5.43 Å². The molecule has 1 N–H and O–H groups in total. The molecule has 0 aliphatic carbocycles. The molecule has 1 heterocycles. The van der Waals surface area contributed by atoms with Gasteiger partial charge in [0.15, 0.2) is 0 Å². The number of hydrogen-bond donors (Lipinski definition) is 0. The summed E-state index contributed by atoms with van der Waals surface area (Å²) in [5, 5.41) is 1.84. The van der Waals surface area contributed by atoms with E-state index in [1.165, 1.54) is 24.0 Å². The molecule has 1 fully saturated rings. The van der Waals surface area contributed by atoms with Crippen LogP contribution in [0.2, 0.25) is 0 Å². The Morgan fingerprint density at radius 1 is 0.909 bits per heavy atom. The Bertz CT molecular complexity index is 792. The molecule has 8 heteroatoms. The van der Waals surface area contributed by atoms with Crippen molar-refractivity contribution in [3.05, 3.63) is 70.6 Å². The van der Waals surface area contributed by atoms with E-state index in [1.807, 2.05) is 30.3 Å². The molecule has 33 heavy (non-hydrogen) atoms. The quantitative estimate of drug-likeness (QED) is 0.149. The first-order chi connectivity index (χ1) is 15.7. The van der Waals surface area contributed by atoms with Crippen LogP contribution in [0.3, 0.4) is 0 Å². The third-order valence-electron chi connectivity index (χ3n) is 5.08. The molecule has 1 aliphatic heterocycles. The number of amidine groups is 1. The number of nitrogens with zero attached hydrogens (tertiary/aromatic N) is 3. The molecule has 0 amide bonds. The van der Waals surface area contributed by atoms with Gasteiger partial charge in [0, 0.05) is 18.4 Å². The number of benzene rings is 2. The molecule has 0 radical (unpaired) electrons. The monoisotopic (exact) mass is 590 g/mol. The van der Waals surface area contributed by atoms with Gasteiger partial charge in [-0.2, -0.15) is 0 Å². The van der Waals surface area contributed by atoms with Crippen molar-refractivity contribution in [3.63, 3.8) is 0 Å². The summed E-state index contributed by atoms with van der Waals surface area (Å²) in [5.74, 6) is 1.71. The molecule has 4 nitrogen and oxygen atoms in total. The van der Waals surface area contributed by atoms with E-state index in [2.05, 4.69) is 68.2 Å². The minimum absolute atomic E-state index is 0.420. The summed E-state index contributed by atoms with van der Waals surface area (Å²) >= 11 is -2.13. The number of ether oxygens (including phenoxy) is 1. The van der Waals surface area contributed by atoms with Gasteiger partial charge < -0.3 is 15.2 Å². The van der Waals surface area contributed by atoms with E-state index < -0.39 is 18.2 Å². The van der Waals surface area contributed by atoms with Gasteiger partial charge in [0.05, 0.1) is 5.69 Å². The van der Waals surface area contributed by atoms with E-state index >= 15 is 0 Å². The van der Waals surface area contributed by atoms with Crippen molar-refractivity contribution in [1.82, 2.24) is 5.01 Å². The van der Waals surface area contributed by atoms with Gasteiger partial charge in [-0.15, -0.1) is 7.05 Å². The summed E-state index contributed by atoms with van der Waals surface area (Å²) in [5.41, 5.74) is 9.02. The second-order valence-electron chi connectivity index (χ2n) is 8.21. The molecule has 0 bridgehead atoms. The van der Waals surface area contributed by atoms with Crippen molar-refractivity contribution in [1.29, 1.82) is 0 Å². The Kier molecular flexibility index (Phi) is 15.8. The predicted octanol–water partition coefficient (Wildman–Crippen LogP) is 8.24. The van der Waals surface area contributed by atoms with E-state index in [9.17, 15) is 0 Å². The van der Waals surface area contributed by atoms with Gasteiger partial charge in [0.25, 0.3) is 0 Å². The van der Waals surface area contributed by atoms with Crippen LogP contribution >= 0.6 is 25.5 Å².